The number of rotatable bonds is 5. The van der Waals surface area contributed by atoms with Crippen molar-refractivity contribution in [1.29, 1.82) is 5.26 Å². The highest BCUT2D eigenvalue weighted by Crippen LogP contribution is 2.44. The van der Waals surface area contributed by atoms with Crippen LogP contribution in [0.1, 0.15) is 42.1 Å². The zero-order chi connectivity index (χ0) is 22.0. The van der Waals surface area contributed by atoms with Gasteiger partial charge in [-0.3, -0.25) is 9.59 Å². The van der Waals surface area contributed by atoms with Crippen LogP contribution in [0.25, 0.3) is 0 Å². The molecule has 0 bridgehead atoms. The molecule has 7 heteroatoms. The van der Waals surface area contributed by atoms with Crippen molar-refractivity contribution in [3.8, 4) is 6.07 Å². The molecule has 2 aliphatic rings. The van der Waals surface area contributed by atoms with Gasteiger partial charge in [-0.15, -0.1) is 0 Å². The van der Waals surface area contributed by atoms with E-state index in [-0.39, 0.29) is 17.4 Å². The minimum Gasteiger partial charge on any atom is -0.468 e. The number of allylic oxidation sites excluding steroid dienone is 3. The second-order valence-corrected chi connectivity index (χ2v) is 8.74. The summed E-state index contributed by atoms with van der Waals surface area (Å²) < 4.78 is 5.59. The number of aryl methyl sites for hydroxylation is 2. The Bertz CT molecular complexity index is 1140. The van der Waals surface area contributed by atoms with Crippen LogP contribution in [0.4, 0.5) is 5.69 Å². The average molecular weight is 434 g/mol. The molecule has 2 N–H and O–H groups in total. The van der Waals surface area contributed by atoms with Crippen molar-refractivity contribution < 1.29 is 14.0 Å². The first-order valence-electron chi connectivity index (χ1n) is 10.2. The van der Waals surface area contributed by atoms with Gasteiger partial charge in [-0.05, 0) is 50.5 Å². The first kappa shape index (κ1) is 21.0. The van der Waals surface area contributed by atoms with Gasteiger partial charge in [0.25, 0.3) is 0 Å². The van der Waals surface area contributed by atoms with E-state index in [2.05, 4.69) is 16.7 Å². The number of ketones is 1. The lowest BCUT2D eigenvalue weighted by molar-refractivity contribution is -0.116. The Morgan fingerprint density at radius 3 is 2.87 bits per heavy atom. The molecule has 0 fully saturated rings. The Labute approximate surface area is 185 Å². The minimum atomic E-state index is -0.533. The molecule has 4 rings (SSSR count). The summed E-state index contributed by atoms with van der Waals surface area (Å²) in [5.74, 6) is 0.0622. The maximum Gasteiger partial charge on any atom is 0.234 e. The standard InChI is InChI=1S/C24H23N3O3S/c1-14-8-9-17(15(2)11-14)26-21(29)13-31-24-16(12-25)22(20-7-4-10-30-20)23-18(27-24)5-3-6-19(23)28/h4,7-11,22,27H,3,5-6,13H2,1-2H3,(H,26,29)/t22-/m1/s1. The maximum atomic E-state index is 12.7. The Hall–Kier alpha value is -3.24. The van der Waals surface area contributed by atoms with Gasteiger partial charge < -0.3 is 15.1 Å². The van der Waals surface area contributed by atoms with Gasteiger partial charge in [-0.1, -0.05) is 29.5 Å². The molecule has 0 spiro atoms. The summed E-state index contributed by atoms with van der Waals surface area (Å²) in [5.41, 5.74) is 4.76. The summed E-state index contributed by atoms with van der Waals surface area (Å²) in [6, 6.07) is 11.7. The number of dihydropyridines is 1. The number of hydrogen-bond acceptors (Lipinski definition) is 6. The fraction of sp³-hybridized carbons (Fsp3) is 0.292. The third-order valence-corrected chi connectivity index (χ3v) is 6.51. The molecule has 0 saturated carbocycles. The van der Waals surface area contributed by atoms with Crippen LogP contribution in [0, 0.1) is 25.2 Å². The number of carbonyl (C=O) groups excluding carboxylic acids is 2. The van der Waals surface area contributed by atoms with E-state index in [1.165, 1.54) is 11.8 Å². The van der Waals surface area contributed by atoms with Crippen LogP contribution in [0.3, 0.4) is 0 Å². The lowest BCUT2D eigenvalue weighted by Crippen LogP contribution is -2.31. The van der Waals surface area contributed by atoms with Gasteiger partial charge in [0, 0.05) is 23.4 Å². The van der Waals surface area contributed by atoms with Gasteiger partial charge in [0.15, 0.2) is 5.78 Å². The zero-order valence-corrected chi connectivity index (χ0v) is 18.3. The van der Waals surface area contributed by atoms with Gasteiger partial charge in [-0.2, -0.15) is 5.26 Å². The predicted octanol–water partition coefficient (Wildman–Crippen LogP) is 4.70. The topological polar surface area (TPSA) is 95.1 Å². The van der Waals surface area contributed by atoms with Gasteiger partial charge in [0.1, 0.15) is 5.76 Å². The number of Topliss-reactive ketones (excluding diaryl/α,β-unsaturated/α-hetero) is 1. The van der Waals surface area contributed by atoms with E-state index in [9.17, 15) is 14.9 Å². The molecule has 6 nitrogen and oxygen atoms in total. The van der Waals surface area contributed by atoms with E-state index >= 15 is 0 Å². The highest BCUT2D eigenvalue weighted by molar-refractivity contribution is 8.03. The van der Waals surface area contributed by atoms with Crippen molar-refractivity contribution in [2.24, 2.45) is 0 Å². The highest BCUT2D eigenvalue weighted by atomic mass is 32.2. The summed E-state index contributed by atoms with van der Waals surface area (Å²) in [4.78, 5) is 25.3. The van der Waals surface area contributed by atoms with Crippen molar-refractivity contribution in [1.82, 2.24) is 5.32 Å². The SMILES string of the molecule is Cc1ccc(NC(=O)CSC2=C(C#N)[C@H](c3ccco3)C3=C(CCCC3=O)N2)c(C)c1. The first-order valence-corrected chi connectivity index (χ1v) is 11.2. The molecule has 31 heavy (non-hydrogen) atoms. The van der Waals surface area contributed by atoms with Crippen LogP contribution < -0.4 is 10.6 Å². The van der Waals surface area contributed by atoms with Crippen LogP contribution in [0.2, 0.25) is 0 Å². The first-order chi connectivity index (χ1) is 15.0. The molecule has 158 valence electrons. The Balaban J connectivity index is 1.57. The predicted molar refractivity (Wildman–Crippen MR) is 120 cm³/mol. The van der Waals surface area contributed by atoms with Crippen LogP contribution in [0.5, 0.6) is 0 Å². The number of nitrogens with zero attached hydrogens (tertiary/aromatic N) is 1. The van der Waals surface area contributed by atoms with Crippen LogP contribution in [0.15, 0.2) is 62.9 Å². The summed E-state index contributed by atoms with van der Waals surface area (Å²) >= 11 is 1.27. The number of hydrogen-bond donors (Lipinski definition) is 2. The van der Waals surface area contributed by atoms with E-state index in [1.54, 1.807) is 18.4 Å². The maximum absolute atomic E-state index is 12.7. The molecule has 1 aromatic carbocycles. The summed E-state index contributed by atoms with van der Waals surface area (Å²) in [5, 5.41) is 16.7. The van der Waals surface area contributed by atoms with E-state index in [0.29, 0.717) is 28.4 Å². The molecule has 0 unspecified atom stereocenters. The highest BCUT2D eigenvalue weighted by Gasteiger charge is 2.38. The zero-order valence-electron chi connectivity index (χ0n) is 17.5. The quantitative estimate of drug-likeness (QED) is 0.710. The normalized spacial score (nSPS) is 18.4. The van der Waals surface area contributed by atoms with Gasteiger partial charge in [0.2, 0.25) is 5.91 Å². The van der Waals surface area contributed by atoms with Crippen molar-refractivity contribution in [2.45, 2.75) is 39.0 Å². The lowest BCUT2D eigenvalue weighted by Gasteiger charge is -2.32. The van der Waals surface area contributed by atoms with E-state index in [4.69, 9.17) is 4.42 Å². The second-order valence-electron chi connectivity index (χ2n) is 7.75. The molecule has 1 aromatic heterocycles. The largest absolute Gasteiger partial charge is 0.468 e. The van der Waals surface area contributed by atoms with Crippen molar-refractivity contribution >= 4 is 29.1 Å². The second kappa shape index (κ2) is 8.86. The van der Waals surface area contributed by atoms with Crippen LogP contribution in [-0.2, 0) is 9.59 Å². The molecular formula is C24H23N3O3S. The number of thioether (sulfide) groups is 1. The van der Waals surface area contributed by atoms with Gasteiger partial charge >= 0.3 is 0 Å². The number of nitrogens with one attached hydrogen (secondary N) is 2. The number of amides is 1. The number of anilines is 1. The molecule has 1 amide bonds. The molecular weight excluding hydrogens is 410 g/mol. The summed E-state index contributed by atoms with van der Waals surface area (Å²) in [7, 11) is 0. The molecule has 1 aliphatic carbocycles. The minimum absolute atomic E-state index is 0.0412. The fourth-order valence-electron chi connectivity index (χ4n) is 4.06. The summed E-state index contributed by atoms with van der Waals surface area (Å²) in [6.45, 7) is 3.96. The monoisotopic (exact) mass is 433 g/mol. The van der Waals surface area contributed by atoms with Gasteiger partial charge in [0.05, 0.1) is 34.6 Å². The van der Waals surface area contributed by atoms with Gasteiger partial charge in [-0.25, -0.2) is 0 Å². The number of furan rings is 1. The van der Waals surface area contributed by atoms with E-state index < -0.39 is 5.92 Å². The lowest BCUT2D eigenvalue weighted by atomic mass is 9.79. The smallest absolute Gasteiger partial charge is 0.234 e. The Morgan fingerprint density at radius 1 is 1.32 bits per heavy atom. The molecule has 0 saturated heterocycles. The van der Waals surface area contributed by atoms with E-state index in [1.807, 2.05) is 32.0 Å². The molecule has 2 aromatic rings. The van der Waals surface area contributed by atoms with Crippen LogP contribution in [-0.4, -0.2) is 17.4 Å². The van der Waals surface area contributed by atoms with Crippen molar-refractivity contribution in [3.63, 3.8) is 0 Å². The Kier molecular flexibility index (Phi) is 6.01. The van der Waals surface area contributed by atoms with Crippen molar-refractivity contribution in [2.75, 3.05) is 11.1 Å². The summed E-state index contributed by atoms with van der Waals surface area (Å²) in [6.07, 6.45) is 3.51. The van der Waals surface area contributed by atoms with Crippen molar-refractivity contribution in [3.05, 3.63) is 75.4 Å². The molecule has 1 atom stereocenters. The number of nitriles is 1. The van der Waals surface area contributed by atoms with E-state index in [0.717, 1.165) is 35.4 Å². The Morgan fingerprint density at radius 2 is 2.16 bits per heavy atom. The number of benzene rings is 1. The third-order valence-electron chi connectivity index (χ3n) is 5.49. The fourth-order valence-corrected chi connectivity index (χ4v) is 4.92. The third kappa shape index (κ3) is 4.30. The number of carbonyl (C=O) groups is 2. The molecule has 1 aliphatic heterocycles. The van der Waals surface area contributed by atoms with Crippen LogP contribution >= 0.6 is 11.8 Å². The molecule has 2 heterocycles. The average Bonchev–Trinajstić information content (AvgIpc) is 3.28. The molecule has 0 radical (unpaired) electrons.